The Kier molecular flexibility index (Phi) is 3.67. The minimum absolute atomic E-state index is 0.0260. The topological polar surface area (TPSA) is 52.5 Å². The standard InChI is InChI=1S/C16H21N3/c1-16(2,3)13-7-6-12(10-17)15(9-13)19-8-4-5-14(19)11-18/h4-5,8,12-13,15H,6-7,9H2,1-3H3. The quantitative estimate of drug-likeness (QED) is 0.764. The molecular formula is C16H21N3. The van der Waals surface area contributed by atoms with Gasteiger partial charge in [-0.1, -0.05) is 20.8 Å². The Balaban J connectivity index is 2.30. The van der Waals surface area contributed by atoms with Crippen molar-refractivity contribution in [3.8, 4) is 12.1 Å². The van der Waals surface area contributed by atoms with Crippen LogP contribution in [0.5, 0.6) is 0 Å². The van der Waals surface area contributed by atoms with Crippen molar-refractivity contribution in [1.82, 2.24) is 4.57 Å². The molecule has 1 saturated carbocycles. The van der Waals surface area contributed by atoms with Crippen molar-refractivity contribution in [1.29, 1.82) is 10.5 Å². The average molecular weight is 255 g/mol. The maximum absolute atomic E-state index is 9.37. The summed E-state index contributed by atoms with van der Waals surface area (Å²) in [6, 6.07) is 8.53. The Morgan fingerprint density at radius 3 is 2.58 bits per heavy atom. The number of rotatable bonds is 1. The van der Waals surface area contributed by atoms with Crippen molar-refractivity contribution in [2.75, 3.05) is 0 Å². The normalized spacial score (nSPS) is 27.5. The number of hydrogen-bond donors (Lipinski definition) is 0. The second kappa shape index (κ2) is 5.10. The Morgan fingerprint density at radius 1 is 1.26 bits per heavy atom. The van der Waals surface area contributed by atoms with E-state index >= 15 is 0 Å². The molecular weight excluding hydrogens is 234 g/mol. The molecule has 3 atom stereocenters. The van der Waals surface area contributed by atoms with E-state index in [1.54, 1.807) is 0 Å². The van der Waals surface area contributed by atoms with Crippen LogP contribution in [0.1, 0.15) is 51.8 Å². The molecule has 2 rings (SSSR count). The average Bonchev–Trinajstić information content (AvgIpc) is 2.85. The van der Waals surface area contributed by atoms with Gasteiger partial charge in [0.1, 0.15) is 11.8 Å². The molecule has 1 aromatic heterocycles. The lowest BCUT2D eigenvalue weighted by atomic mass is 9.68. The summed E-state index contributed by atoms with van der Waals surface area (Å²) < 4.78 is 2.01. The van der Waals surface area contributed by atoms with Crippen LogP contribution in [0.15, 0.2) is 18.3 Å². The smallest absolute Gasteiger partial charge is 0.120 e. The molecule has 1 aliphatic rings. The molecule has 0 aromatic carbocycles. The van der Waals surface area contributed by atoms with Crippen LogP contribution in [0.2, 0.25) is 0 Å². The molecule has 100 valence electrons. The van der Waals surface area contributed by atoms with Crippen molar-refractivity contribution < 1.29 is 0 Å². The molecule has 0 amide bonds. The lowest BCUT2D eigenvalue weighted by Crippen LogP contribution is -2.33. The first-order valence-corrected chi connectivity index (χ1v) is 6.94. The van der Waals surface area contributed by atoms with E-state index in [1.165, 1.54) is 0 Å². The lowest BCUT2D eigenvalue weighted by Gasteiger charge is -2.40. The molecule has 1 aliphatic carbocycles. The fourth-order valence-electron chi connectivity index (χ4n) is 3.17. The lowest BCUT2D eigenvalue weighted by molar-refractivity contribution is 0.122. The summed E-state index contributed by atoms with van der Waals surface area (Å²) in [6.45, 7) is 6.80. The molecule has 0 bridgehead atoms. The molecule has 0 aliphatic heterocycles. The monoisotopic (exact) mass is 255 g/mol. The van der Waals surface area contributed by atoms with Crippen LogP contribution in [0.3, 0.4) is 0 Å². The zero-order valence-electron chi connectivity index (χ0n) is 11.9. The van der Waals surface area contributed by atoms with E-state index in [2.05, 4.69) is 32.9 Å². The van der Waals surface area contributed by atoms with E-state index < -0.39 is 0 Å². The molecule has 0 spiro atoms. The maximum atomic E-state index is 9.37. The third kappa shape index (κ3) is 2.66. The third-order valence-electron chi connectivity index (χ3n) is 4.46. The van der Waals surface area contributed by atoms with Gasteiger partial charge >= 0.3 is 0 Å². The van der Waals surface area contributed by atoms with Gasteiger partial charge in [-0.15, -0.1) is 0 Å². The fraction of sp³-hybridized carbons (Fsp3) is 0.625. The SMILES string of the molecule is CC(C)(C)C1CCC(C#N)C(n2cccc2C#N)C1. The highest BCUT2D eigenvalue weighted by Crippen LogP contribution is 2.44. The molecule has 0 saturated heterocycles. The number of nitriles is 2. The summed E-state index contributed by atoms with van der Waals surface area (Å²) >= 11 is 0. The van der Waals surface area contributed by atoms with Gasteiger partial charge < -0.3 is 4.57 Å². The van der Waals surface area contributed by atoms with E-state index in [-0.39, 0.29) is 17.4 Å². The highest BCUT2D eigenvalue weighted by Gasteiger charge is 2.37. The molecule has 0 radical (unpaired) electrons. The fourth-order valence-corrected chi connectivity index (χ4v) is 3.17. The predicted molar refractivity (Wildman–Crippen MR) is 74.1 cm³/mol. The van der Waals surface area contributed by atoms with Gasteiger partial charge in [0.15, 0.2) is 0 Å². The van der Waals surface area contributed by atoms with Gasteiger partial charge in [-0.05, 0) is 42.7 Å². The van der Waals surface area contributed by atoms with Crippen molar-refractivity contribution in [2.24, 2.45) is 17.3 Å². The van der Waals surface area contributed by atoms with Crippen LogP contribution >= 0.6 is 0 Å². The van der Waals surface area contributed by atoms with Crippen LogP contribution in [-0.2, 0) is 0 Å². The molecule has 1 fully saturated rings. The van der Waals surface area contributed by atoms with Gasteiger partial charge in [-0.25, -0.2) is 0 Å². The highest BCUT2D eigenvalue weighted by molar-refractivity contribution is 5.23. The summed E-state index contributed by atoms with van der Waals surface area (Å²) in [4.78, 5) is 0. The molecule has 19 heavy (non-hydrogen) atoms. The highest BCUT2D eigenvalue weighted by atomic mass is 15.0. The minimum atomic E-state index is 0.0260. The Hall–Kier alpha value is -1.74. The molecule has 1 heterocycles. The maximum Gasteiger partial charge on any atom is 0.120 e. The number of hydrogen-bond acceptors (Lipinski definition) is 2. The third-order valence-corrected chi connectivity index (χ3v) is 4.46. The molecule has 3 unspecified atom stereocenters. The summed E-state index contributed by atoms with van der Waals surface area (Å²) in [5.41, 5.74) is 0.929. The van der Waals surface area contributed by atoms with Gasteiger partial charge in [0.05, 0.1) is 18.0 Å². The molecule has 3 nitrogen and oxygen atoms in total. The second-order valence-corrected chi connectivity index (χ2v) is 6.59. The first-order valence-electron chi connectivity index (χ1n) is 6.94. The van der Waals surface area contributed by atoms with Gasteiger partial charge in [0.25, 0.3) is 0 Å². The molecule has 0 N–H and O–H groups in total. The zero-order chi connectivity index (χ0) is 14.0. The van der Waals surface area contributed by atoms with Crippen molar-refractivity contribution in [3.63, 3.8) is 0 Å². The zero-order valence-corrected chi connectivity index (χ0v) is 11.9. The van der Waals surface area contributed by atoms with Gasteiger partial charge in [-0.2, -0.15) is 10.5 Å². The summed E-state index contributed by atoms with van der Waals surface area (Å²) in [6.07, 6.45) is 4.98. The van der Waals surface area contributed by atoms with Crippen LogP contribution in [0.4, 0.5) is 0 Å². The Morgan fingerprint density at radius 2 is 2.00 bits per heavy atom. The summed E-state index contributed by atoms with van der Waals surface area (Å²) in [5.74, 6) is 0.633. The first-order chi connectivity index (χ1) is 8.97. The minimum Gasteiger partial charge on any atom is -0.335 e. The first kappa shape index (κ1) is 13.7. The predicted octanol–water partition coefficient (Wildman–Crippen LogP) is 3.89. The second-order valence-electron chi connectivity index (χ2n) is 6.59. The largest absolute Gasteiger partial charge is 0.335 e. The van der Waals surface area contributed by atoms with Crippen molar-refractivity contribution in [2.45, 2.75) is 46.1 Å². The van der Waals surface area contributed by atoms with E-state index in [0.717, 1.165) is 19.3 Å². The van der Waals surface area contributed by atoms with E-state index in [0.29, 0.717) is 11.6 Å². The van der Waals surface area contributed by atoms with Crippen molar-refractivity contribution in [3.05, 3.63) is 24.0 Å². The number of aromatic nitrogens is 1. The van der Waals surface area contributed by atoms with E-state index in [4.69, 9.17) is 5.26 Å². The van der Waals surface area contributed by atoms with E-state index in [9.17, 15) is 5.26 Å². The van der Waals surface area contributed by atoms with Crippen LogP contribution in [0.25, 0.3) is 0 Å². The molecule has 1 aromatic rings. The molecule has 3 heteroatoms. The Bertz CT molecular complexity index is 521. The van der Waals surface area contributed by atoms with Crippen LogP contribution in [-0.4, -0.2) is 4.57 Å². The van der Waals surface area contributed by atoms with Crippen LogP contribution in [0, 0.1) is 39.9 Å². The summed E-state index contributed by atoms with van der Waals surface area (Å²) in [5, 5.41) is 18.5. The van der Waals surface area contributed by atoms with E-state index in [1.807, 2.05) is 22.9 Å². The van der Waals surface area contributed by atoms with Gasteiger partial charge in [0.2, 0.25) is 0 Å². The van der Waals surface area contributed by atoms with Gasteiger partial charge in [-0.3, -0.25) is 0 Å². The van der Waals surface area contributed by atoms with Crippen LogP contribution < -0.4 is 0 Å². The Labute approximate surface area is 115 Å². The summed E-state index contributed by atoms with van der Waals surface area (Å²) in [7, 11) is 0. The number of nitrogens with zero attached hydrogens (tertiary/aromatic N) is 3. The van der Waals surface area contributed by atoms with Gasteiger partial charge in [0, 0.05) is 6.20 Å². The van der Waals surface area contributed by atoms with Crippen molar-refractivity contribution >= 4 is 0 Å².